The van der Waals surface area contributed by atoms with Gasteiger partial charge in [0.1, 0.15) is 17.6 Å². The molecule has 5 rings (SSSR count). The van der Waals surface area contributed by atoms with Gasteiger partial charge in [0, 0.05) is 16.0 Å². The van der Waals surface area contributed by atoms with Crippen LogP contribution < -0.4 is 15.1 Å². The Balaban J connectivity index is 1.44. The van der Waals surface area contributed by atoms with Crippen LogP contribution in [0.2, 0.25) is 0 Å². The number of hydrogen-bond donors (Lipinski definition) is 1. The summed E-state index contributed by atoms with van der Waals surface area (Å²) in [6.07, 6.45) is -4.59. The second-order valence-electron chi connectivity index (χ2n) is 9.44. The maximum absolute atomic E-state index is 13.4. The molecule has 0 saturated carbocycles. The average molecular weight is 566 g/mol. The lowest BCUT2D eigenvalue weighted by Crippen LogP contribution is -2.41. The van der Waals surface area contributed by atoms with Crippen molar-refractivity contribution in [2.24, 2.45) is 5.92 Å². The third-order valence-electron chi connectivity index (χ3n) is 6.56. The highest BCUT2D eigenvalue weighted by atomic mass is 32.2. The van der Waals surface area contributed by atoms with Crippen LogP contribution in [-0.4, -0.2) is 27.5 Å². The number of imide groups is 1. The Kier molecular flexibility index (Phi) is 6.26. The van der Waals surface area contributed by atoms with Crippen molar-refractivity contribution in [2.45, 2.75) is 42.3 Å². The van der Waals surface area contributed by atoms with Crippen LogP contribution in [-0.2, 0) is 32.5 Å². The average Bonchev–Trinajstić information content (AvgIpc) is 3.28. The van der Waals surface area contributed by atoms with Gasteiger partial charge >= 0.3 is 11.0 Å². The molecule has 1 aromatic heterocycles. The number of halogens is 4. The zero-order chi connectivity index (χ0) is 27.6. The van der Waals surface area contributed by atoms with E-state index in [1.54, 1.807) is 13.8 Å². The number of rotatable bonds is 4. The van der Waals surface area contributed by atoms with Crippen molar-refractivity contribution in [1.82, 2.24) is 4.57 Å². The van der Waals surface area contributed by atoms with E-state index < -0.39 is 63.3 Å². The lowest BCUT2D eigenvalue weighted by Gasteiger charge is -2.36. The number of hydrogen-bond acceptors (Lipinski definition) is 6. The van der Waals surface area contributed by atoms with Gasteiger partial charge in [0.2, 0.25) is 17.7 Å². The van der Waals surface area contributed by atoms with E-state index in [2.05, 4.69) is 5.32 Å². The first-order valence-corrected chi connectivity index (χ1v) is 13.0. The molecule has 3 heterocycles. The zero-order valence-corrected chi connectivity index (χ0v) is 21.5. The molecular weight excluding hydrogens is 546 g/mol. The molecule has 38 heavy (non-hydrogen) atoms. The monoisotopic (exact) mass is 565 g/mol. The number of carbonyl (C=O) groups excluding carboxylic acids is 3. The first kappa shape index (κ1) is 26.2. The highest BCUT2D eigenvalue weighted by Gasteiger charge is 2.59. The summed E-state index contributed by atoms with van der Waals surface area (Å²) in [6, 6.07) is 9.09. The van der Waals surface area contributed by atoms with Crippen molar-refractivity contribution in [3.05, 3.63) is 74.5 Å². The molecule has 13 heteroatoms. The van der Waals surface area contributed by atoms with Crippen molar-refractivity contribution in [3.63, 3.8) is 0 Å². The topological polar surface area (TPSA) is 88.5 Å². The molecule has 0 unspecified atom stereocenters. The Morgan fingerprint density at radius 1 is 1.05 bits per heavy atom. The molecule has 2 atom stereocenters. The number of alkyl halides is 3. The van der Waals surface area contributed by atoms with Crippen molar-refractivity contribution < 1.29 is 31.9 Å². The number of anilines is 2. The highest BCUT2D eigenvalue weighted by molar-refractivity contribution is 8.00. The predicted octanol–water partition coefficient (Wildman–Crippen LogP) is 4.65. The Morgan fingerprint density at radius 3 is 2.39 bits per heavy atom. The molecule has 0 spiro atoms. The Bertz CT molecular complexity index is 1530. The van der Waals surface area contributed by atoms with Gasteiger partial charge in [-0.1, -0.05) is 43.0 Å². The zero-order valence-electron chi connectivity index (χ0n) is 19.8. The Morgan fingerprint density at radius 2 is 1.74 bits per heavy atom. The fourth-order valence-electron chi connectivity index (χ4n) is 4.73. The number of nitrogens with zero attached hydrogens (tertiary/aromatic N) is 2. The summed E-state index contributed by atoms with van der Waals surface area (Å²) in [5, 5.41) is 1.85. The van der Waals surface area contributed by atoms with E-state index in [1.807, 2.05) is 0 Å². The number of carbonyl (C=O) groups is 3. The van der Waals surface area contributed by atoms with Gasteiger partial charge in [0.05, 0.1) is 22.2 Å². The molecule has 2 aromatic carbocycles. The van der Waals surface area contributed by atoms with Crippen molar-refractivity contribution >= 4 is 52.2 Å². The number of amides is 3. The molecule has 1 fully saturated rings. The fourth-order valence-corrected chi connectivity index (χ4v) is 7.77. The highest BCUT2D eigenvalue weighted by Crippen LogP contribution is 2.54. The van der Waals surface area contributed by atoms with Crippen LogP contribution >= 0.6 is 23.1 Å². The standard InChI is InChI=1S/C25H19F4N3O4S2/c1-24(2)17-18(21(35)32(20(17)34)15-8-6-13(26)7-9-15)37-22-19(24)38-23(36)31(22)11-16(33)30-14-5-3-4-12(10-14)25(27,28)29/h3-10,17-18H,11H2,1-2H3,(H,30,33)/t17-,18+/m1/s1. The number of thioether (sulfide) groups is 1. The van der Waals surface area contributed by atoms with Crippen LogP contribution in [0.25, 0.3) is 0 Å². The van der Waals surface area contributed by atoms with Crippen LogP contribution in [0.1, 0.15) is 24.3 Å². The van der Waals surface area contributed by atoms with Gasteiger partial charge in [0.15, 0.2) is 0 Å². The van der Waals surface area contributed by atoms with Gasteiger partial charge in [-0.2, -0.15) is 13.2 Å². The molecule has 1 N–H and O–H groups in total. The molecule has 2 aliphatic heterocycles. The van der Waals surface area contributed by atoms with Gasteiger partial charge in [0.25, 0.3) is 0 Å². The van der Waals surface area contributed by atoms with Crippen LogP contribution in [0.5, 0.6) is 0 Å². The quantitative estimate of drug-likeness (QED) is 0.368. The molecule has 2 aliphatic rings. The summed E-state index contributed by atoms with van der Waals surface area (Å²) in [4.78, 5) is 53.4. The largest absolute Gasteiger partial charge is 0.416 e. The minimum Gasteiger partial charge on any atom is -0.325 e. The summed E-state index contributed by atoms with van der Waals surface area (Å²) in [5.74, 6) is -3.04. The van der Waals surface area contributed by atoms with Crippen LogP contribution in [0.3, 0.4) is 0 Å². The van der Waals surface area contributed by atoms with Crippen molar-refractivity contribution in [3.8, 4) is 0 Å². The molecular formula is C25H19F4N3O4S2. The molecule has 0 radical (unpaired) electrons. The number of aromatic nitrogens is 1. The van der Waals surface area contributed by atoms with E-state index in [9.17, 15) is 36.7 Å². The number of fused-ring (bicyclic) bond motifs is 2. The molecule has 198 valence electrons. The van der Waals surface area contributed by atoms with Gasteiger partial charge in [-0.3, -0.25) is 23.7 Å². The fraction of sp³-hybridized carbons (Fsp3) is 0.280. The van der Waals surface area contributed by atoms with Gasteiger partial charge in [-0.25, -0.2) is 9.29 Å². The van der Waals surface area contributed by atoms with Crippen LogP contribution in [0, 0.1) is 11.7 Å². The maximum atomic E-state index is 13.4. The van der Waals surface area contributed by atoms with Crippen LogP contribution in [0.15, 0.2) is 58.4 Å². The smallest absolute Gasteiger partial charge is 0.325 e. The third-order valence-corrected chi connectivity index (χ3v) is 9.39. The van der Waals surface area contributed by atoms with Crippen LogP contribution in [0.4, 0.5) is 28.9 Å². The minimum absolute atomic E-state index is 0.0819. The minimum atomic E-state index is -4.59. The third kappa shape index (κ3) is 4.33. The molecule has 7 nitrogen and oxygen atoms in total. The SMILES string of the molecule is CC1(C)c2sc(=O)n(CC(=O)Nc3cccc(C(F)(F)F)c3)c2S[C@@H]2C(=O)N(c3ccc(F)cc3)C(=O)[C@@H]21. The molecule has 1 saturated heterocycles. The van der Waals surface area contributed by atoms with Gasteiger partial charge in [-0.05, 0) is 42.5 Å². The normalized spacial score (nSPS) is 20.3. The maximum Gasteiger partial charge on any atom is 0.416 e. The van der Waals surface area contributed by atoms with E-state index in [4.69, 9.17) is 0 Å². The van der Waals surface area contributed by atoms with E-state index >= 15 is 0 Å². The second-order valence-corrected chi connectivity index (χ2v) is 11.5. The molecule has 3 aromatic rings. The summed E-state index contributed by atoms with van der Waals surface area (Å²) < 4.78 is 53.6. The van der Waals surface area contributed by atoms with Crippen molar-refractivity contribution in [1.29, 1.82) is 0 Å². The van der Waals surface area contributed by atoms with Gasteiger partial charge < -0.3 is 5.32 Å². The number of nitrogens with one attached hydrogen (secondary N) is 1. The summed E-state index contributed by atoms with van der Waals surface area (Å²) in [6.45, 7) is 2.99. The van der Waals surface area contributed by atoms with E-state index in [1.165, 1.54) is 22.8 Å². The Hall–Kier alpha value is -3.45. The summed E-state index contributed by atoms with van der Waals surface area (Å²) >= 11 is 1.86. The first-order chi connectivity index (χ1) is 17.8. The molecule has 0 bridgehead atoms. The number of thiazole rings is 1. The Labute approximate surface area is 221 Å². The van der Waals surface area contributed by atoms with Gasteiger partial charge in [-0.15, -0.1) is 0 Å². The lowest BCUT2D eigenvalue weighted by atomic mass is 9.76. The lowest BCUT2D eigenvalue weighted by molar-refractivity contribution is -0.137. The predicted molar refractivity (Wildman–Crippen MR) is 134 cm³/mol. The summed E-state index contributed by atoms with van der Waals surface area (Å²) in [5.41, 5.74) is -1.73. The first-order valence-electron chi connectivity index (χ1n) is 11.3. The molecule has 0 aliphatic carbocycles. The molecule has 3 amide bonds. The number of benzene rings is 2. The second kappa shape index (κ2) is 9.09. The van der Waals surface area contributed by atoms with E-state index in [-0.39, 0.29) is 11.4 Å². The van der Waals surface area contributed by atoms with E-state index in [0.29, 0.717) is 9.90 Å². The van der Waals surface area contributed by atoms with E-state index in [0.717, 1.165) is 58.3 Å². The van der Waals surface area contributed by atoms with Crippen molar-refractivity contribution in [2.75, 3.05) is 10.2 Å². The summed E-state index contributed by atoms with van der Waals surface area (Å²) in [7, 11) is 0.